The Kier molecular flexibility index (Phi) is 8.96. The first-order valence-electron chi connectivity index (χ1n) is 6.94. The first-order valence-corrected chi connectivity index (χ1v) is 9.04. The molecule has 0 bridgehead atoms. The molecule has 0 N–H and O–H groups in total. The second kappa shape index (κ2) is 9.28. The highest BCUT2D eigenvalue weighted by molar-refractivity contribution is 6.68. The van der Waals surface area contributed by atoms with Crippen molar-refractivity contribution in [2.45, 2.75) is 58.2 Å². The Labute approximate surface area is 118 Å². The Morgan fingerprint density at radius 2 is 1.79 bits per heavy atom. The number of carbonyl (C=O) groups is 1. The normalized spacial score (nSPS) is 13.1. The monoisotopic (exact) mass is 288 g/mol. The molecular formula is C14H28O4Si. The molecule has 0 aromatic heterocycles. The third kappa shape index (κ3) is 5.46. The number of hydrogen-bond donors (Lipinski definition) is 0. The van der Waals surface area contributed by atoms with Crippen molar-refractivity contribution in [1.82, 2.24) is 0 Å². The van der Waals surface area contributed by atoms with E-state index in [0.717, 1.165) is 31.7 Å². The molecule has 5 heteroatoms. The van der Waals surface area contributed by atoms with Gasteiger partial charge in [-0.25, -0.2) is 4.79 Å². The number of carbonyl (C=O) groups excluding carboxylic acids is 1. The van der Waals surface area contributed by atoms with Crippen molar-refractivity contribution in [3.63, 3.8) is 0 Å². The molecule has 0 saturated heterocycles. The molecule has 0 aliphatic carbocycles. The molecule has 0 aliphatic rings. The predicted octanol–water partition coefficient (Wildman–Crippen LogP) is 3.35. The Morgan fingerprint density at radius 1 is 1.21 bits per heavy atom. The number of rotatable bonds is 10. The summed E-state index contributed by atoms with van der Waals surface area (Å²) in [6, 6.07) is 0.817. The molecule has 112 valence electrons. The van der Waals surface area contributed by atoms with E-state index < -0.39 is 8.56 Å². The highest BCUT2D eigenvalue weighted by Crippen LogP contribution is 2.25. The second-order valence-electron chi connectivity index (χ2n) is 4.79. The summed E-state index contributed by atoms with van der Waals surface area (Å²) in [6.07, 6.45) is 3.76. The molecule has 1 atom stereocenters. The largest absolute Gasteiger partial charge is 0.457 e. The fraction of sp³-hybridized carbons (Fsp3) is 0.786. The fourth-order valence-electron chi connectivity index (χ4n) is 2.05. The Hall–Kier alpha value is -0.653. The molecule has 4 nitrogen and oxygen atoms in total. The smallest absolute Gasteiger partial charge is 0.379 e. The second-order valence-corrected chi connectivity index (χ2v) is 8.37. The molecule has 0 saturated carbocycles. The highest BCUT2D eigenvalue weighted by atomic mass is 28.4. The highest BCUT2D eigenvalue weighted by Gasteiger charge is 2.46. The van der Waals surface area contributed by atoms with Crippen LogP contribution in [0.25, 0.3) is 0 Å². The lowest BCUT2D eigenvalue weighted by atomic mass is 10.2. The SMILES string of the molecule is C=C(C)C(=O)OC(CCCC)[Si](CCC)(OC)OC. The van der Waals surface area contributed by atoms with E-state index in [0.29, 0.717) is 5.57 Å². The van der Waals surface area contributed by atoms with Gasteiger partial charge in [0.05, 0.1) is 0 Å². The summed E-state index contributed by atoms with van der Waals surface area (Å²) in [5.41, 5.74) is 0.139. The maximum Gasteiger partial charge on any atom is 0.379 e. The van der Waals surface area contributed by atoms with Gasteiger partial charge in [-0.1, -0.05) is 39.7 Å². The van der Waals surface area contributed by atoms with E-state index >= 15 is 0 Å². The molecule has 0 fully saturated rings. The van der Waals surface area contributed by atoms with Gasteiger partial charge in [0.25, 0.3) is 0 Å². The van der Waals surface area contributed by atoms with Gasteiger partial charge in [-0.05, 0) is 19.4 Å². The minimum atomic E-state index is -2.50. The standard InChI is InChI=1S/C14H28O4Si/c1-7-9-10-13(18-14(15)12(3)4)19(16-5,17-6)11-8-2/h13H,3,7-11H2,1-2,4-6H3. The van der Waals surface area contributed by atoms with Crippen LogP contribution in [0.15, 0.2) is 12.2 Å². The summed E-state index contributed by atoms with van der Waals surface area (Å²) >= 11 is 0. The predicted molar refractivity (Wildman–Crippen MR) is 79.1 cm³/mol. The van der Waals surface area contributed by atoms with Gasteiger partial charge in [-0.2, -0.15) is 0 Å². The van der Waals surface area contributed by atoms with Crippen LogP contribution in [-0.2, 0) is 18.4 Å². The van der Waals surface area contributed by atoms with Crippen molar-refractivity contribution in [2.75, 3.05) is 14.2 Å². The molecule has 0 aromatic rings. The lowest BCUT2D eigenvalue weighted by molar-refractivity contribution is -0.142. The van der Waals surface area contributed by atoms with Gasteiger partial charge in [-0.3, -0.25) is 0 Å². The van der Waals surface area contributed by atoms with Crippen LogP contribution in [0.3, 0.4) is 0 Å². The van der Waals surface area contributed by atoms with Gasteiger partial charge in [0.2, 0.25) is 0 Å². The average molecular weight is 288 g/mol. The number of ether oxygens (including phenoxy) is 1. The Morgan fingerprint density at radius 3 is 2.16 bits per heavy atom. The van der Waals surface area contributed by atoms with Crippen LogP contribution in [0.2, 0.25) is 6.04 Å². The van der Waals surface area contributed by atoms with E-state index in [1.165, 1.54) is 0 Å². The molecule has 0 rings (SSSR count). The van der Waals surface area contributed by atoms with Crippen LogP contribution in [0.4, 0.5) is 0 Å². The molecule has 0 radical (unpaired) electrons. The maximum absolute atomic E-state index is 11.8. The average Bonchev–Trinajstić information content (AvgIpc) is 2.40. The van der Waals surface area contributed by atoms with Crippen LogP contribution in [0, 0.1) is 0 Å². The molecular weight excluding hydrogens is 260 g/mol. The zero-order valence-electron chi connectivity index (χ0n) is 13.0. The van der Waals surface area contributed by atoms with Crippen molar-refractivity contribution >= 4 is 14.5 Å². The van der Waals surface area contributed by atoms with E-state index in [1.54, 1.807) is 21.1 Å². The molecule has 19 heavy (non-hydrogen) atoms. The summed E-state index contributed by atoms with van der Waals surface area (Å²) in [6.45, 7) is 9.47. The summed E-state index contributed by atoms with van der Waals surface area (Å²) in [7, 11) is 0.801. The fourth-order valence-corrected chi connectivity index (χ4v) is 5.10. The quantitative estimate of drug-likeness (QED) is 0.351. The number of hydrogen-bond acceptors (Lipinski definition) is 4. The molecule has 0 amide bonds. The third-order valence-corrected chi connectivity index (χ3v) is 7.16. The van der Waals surface area contributed by atoms with E-state index in [9.17, 15) is 4.79 Å². The minimum Gasteiger partial charge on any atom is -0.457 e. The van der Waals surface area contributed by atoms with Crippen molar-refractivity contribution < 1.29 is 18.4 Å². The van der Waals surface area contributed by atoms with Crippen LogP contribution in [0.5, 0.6) is 0 Å². The van der Waals surface area contributed by atoms with Gasteiger partial charge in [0.15, 0.2) is 0 Å². The summed E-state index contributed by atoms with van der Waals surface area (Å²) < 4.78 is 16.9. The number of esters is 1. The van der Waals surface area contributed by atoms with Gasteiger partial charge in [-0.15, -0.1) is 0 Å². The van der Waals surface area contributed by atoms with E-state index in [1.807, 2.05) is 0 Å². The lowest BCUT2D eigenvalue weighted by Crippen LogP contribution is -2.54. The van der Waals surface area contributed by atoms with Crippen LogP contribution < -0.4 is 0 Å². The summed E-state index contributed by atoms with van der Waals surface area (Å²) in [4.78, 5) is 11.8. The molecule has 0 aliphatic heterocycles. The molecule has 0 aromatic carbocycles. The van der Waals surface area contributed by atoms with Gasteiger partial charge < -0.3 is 13.6 Å². The van der Waals surface area contributed by atoms with Gasteiger partial charge in [0, 0.05) is 19.8 Å². The lowest BCUT2D eigenvalue weighted by Gasteiger charge is -2.34. The maximum atomic E-state index is 11.8. The molecule has 0 spiro atoms. The van der Waals surface area contributed by atoms with E-state index in [2.05, 4.69) is 20.4 Å². The van der Waals surface area contributed by atoms with Crippen molar-refractivity contribution in [3.8, 4) is 0 Å². The Bertz CT molecular complexity index is 287. The minimum absolute atomic E-state index is 0.272. The topological polar surface area (TPSA) is 44.8 Å². The molecule has 1 unspecified atom stereocenters. The van der Waals surface area contributed by atoms with Gasteiger partial charge >= 0.3 is 14.5 Å². The third-order valence-electron chi connectivity index (χ3n) is 3.20. The zero-order chi connectivity index (χ0) is 14.9. The van der Waals surface area contributed by atoms with Gasteiger partial charge in [0.1, 0.15) is 5.73 Å². The van der Waals surface area contributed by atoms with Crippen molar-refractivity contribution in [1.29, 1.82) is 0 Å². The van der Waals surface area contributed by atoms with Crippen molar-refractivity contribution in [2.24, 2.45) is 0 Å². The van der Waals surface area contributed by atoms with E-state index in [4.69, 9.17) is 13.6 Å². The van der Waals surface area contributed by atoms with Crippen molar-refractivity contribution in [3.05, 3.63) is 12.2 Å². The first kappa shape index (κ1) is 18.3. The summed E-state index contributed by atoms with van der Waals surface area (Å²) in [5, 5.41) is 0. The van der Waals surface area contributed by atoms with Crippen LogP contribution >= 0.6 is 0 Å². The number of unbranched alkanes of at least 4 members (excludes halogenated alkanes) is 1. The van der Waals surface area contributed by atoms with Crippen LogP contribution in [-0.4, -0.2) is 34.5 Å². The molecule has 0 heterocycles. The Balaban J connectivity index is 5.04. The first-order chi connectivity index (χ1) is 8.97. The summed E-state index contributed by atoms with van der Waals surface area (Å²) in [5.74, 6) is -0.358. The van der Waals surface area contributed by atoms with Crippen LogP contribution in [0.1, 0.15) is 46.5 Å². The van der Waals surface area contributed by atoms with E-state index in [-0.39, 0.29) is 11.7 Å². The zero-order valence-corrected chi connectivity index (χ0v) is 14.0.